The number of carbonyl (C=O) groups excluding carboxylic acids is 1. The molecule has 0 bridgehead atoms. The Morgan fingerprint density at radius 1 is 1.12 bits per heavy atom. The third-order valence-electron chi connectivity index (χ3n) is 5.65. The number of carbonyl (C=O) groups is 1. The summed E-state index contributed by atoms with van der Waals surface area (Å²) < 4.78 is 11.8. The monoisotopic (exact) mass is 446 g/mol. The summed E-state index contributed by atoms with van der Waals surface area (Å²) in [5, 5.41) is 12.1. The molecule has 0 spiro atoms. The SMILES string of the molecule is CC[C@@H](C(=O)NCc1ccc(C)cc1)n1nc(-c2ccc(OC)cc2)c2c(C)onc2c1=O. The summed E-state index contributed by atoms with van der Waals surface area (Å²) in [7, 11) is 1.59. The zero-order valence-electron chi connectivity index (χ0n) is 19.1. The van der Waals surface area contributed by atoms with E-state index in [1.807, 2.05) is 62.4 Å². The highest BCUT2D eigenvalue weighted by atomic mass is 16.5. The van der Waals surface area contributed by atoms with E-state index in [2.05, 4.69) is 15.6 Å². The van der Waals surface area contributed by atoms with Crippen LogP contribution in [0, 0.1) is 13.8 Å². The van der Waals surface area contributed by atoms with E-state index in [4.69, 9.17) is 9.26 Å². The average molecular weight is 447 g/mol. The van der Waals surface area contributed by atoms with Crippen molar-refractivity contribution in [3.05, 3.63) is 75.8 Å². The molecule has 0 aliphatic carbocycles. The molecule has 170 valence electrons. The van der Waals surface area contributed by atoms with Crippen molar-refractivity contribution >= 4 is 16.8 Å². The molecule has 0 aliphatic heterocycles. The van der Waals surface area contributed by atoms with Crippen LogP contribution in [0.25, 0.3) is 22.2 Å². The number of hydrogen-bond donors (Lipinski definition) is 1. The molecular formula is C25H26N4O4. The maximum absolute atomic E-state index is 13.2. The molecule has 0 saturated heterocycles. The number of fused-ring (bicyclic) bond motifs is 1. The van der Waals surface area contributed by atoms with Crippen LogP contribution >= 0.6 is 0 Å². The summed E-state index contributed by atoms with van der Waals surface area (Å²) in [6.07, 6.45) is 0.386. The normalized spacial score (nSPS) is 12.0. The molecule has 8 nitrogen and oxygen atoms in total. The number of methoxy groups -OCH3 is 1. The van der Waals surface area contributed by atoms with Gasteiger partial charge in [0.25, 0.3) is 5.56 Å². The van der Waals surface area contributed by atoms with Crippen LogP contribution in [0.4, 0.5) is 0 Å². The second-order valence-corrected chi connectivity index (χ2v) is 7.92. The molecule has 0 fully saturated rings. The predicted molar refractivity (Wildman–Crippen MR) is 125 cm³/mol. The minimum atomic E-state index is -0.790. The molecule has 0 aliphatic rings. The lowest BCUT2D eigenvalue weighted by Crippen LogP contribution is -2.38. The van der Waals surface area contributed by atoms with Gasteiger partial charge in [-0.2, -0.15) is 5.10 Å². The minimum absolute atomic E-state index is 0.151. The number of benzene rings is 2. The molecule has 1 N–H and O–H groups in total. The van der Waals surface area contributed by atoms with Crippen LogP contribution in [0.1, 0.15) is 36.3 Å². The summed E-state index contributed by atoms with van der Waals surface area (Å²) in [6.45, 7) is 5.95. The number of ether oxygens (including phenoxy) is 1. The van der Waals surface area contributed by atoms with Crippen molar-refractivity contribution in [2.45, 2.75) is 39.8 Å². The highest BCUT2D eigenvalue weighted by molar-refractivity contribution is 5.93. The van der Waals surface area contributed by atoms with Crippen molar-refractivity contribution in [1.82, 2.24) is 20.3 Å². The fraction of sp³-hybridized carbons (Fsp3) is 0.280. The third-order valence-corrected chi connectivity index (χ3v) is 5.65. The van der Waals surface area contributed by atoms with E-state index >= 15 is 0 Å². The number of aromatic nitrogens is 3. The van der Waals surface area contributed by atoms with E-state index < -0.39 is 11.6 Å². The predicted octanol–water partition coefficient (Wildman–Crippen LogP) is 3.94. The second-order valence-electron chi connectivity index (χ2n) is 7.92. The van der Waals surface area contributed by atoms with Crippen molar-refractivity contribution in [3.8, 4) is 17.0 Å². The maximum atomic E-state index is 13.2. The van der Waals surface area contributed by atoms with Crippen LogP contribution in [0.3, 0.4) is 0 Å². The van der Waals surface area contributed by atoms with Crippen molar-refractivity contribution in [2.24, 2.45) is 0 Å². The molecule has 0 radical (unpaired) electrons. The summed E-state index contributed by atoms with van der Waals surface area (Å²) in [4.78, 5) is 26.3. The fourth-order valence-electron chi connectivity index (χ4n) is 3.75. The number of nitrogens with zero attached hydrogens (tertiary/aromatic N) is 3. The Kier molecular flexibility index (Phi) is 6.26. The van der Waals surface area contributed by atoms with E-state index in [1.54, 1.807) is 14.0 Å². The topological polar surface area (TPSA) is 99.2 Å². The lowest BCUT2D eigenvalue weighted by Gasteiger charge is -2.18. The Hall–Kier alpha value is -3.94. The number of amides is 1. The quantitative estimate of drug-likeness (QED) is 0.462. The zero-order valence-corrected chi connectivity index (χ0v) is 19.1. The van der Waals surface area contributed by atoms with Crippen LogP contribution in [0.15, 0.2) is 57.8 Å². The lowest BCUT2D eigenvalue weighted by molar-refractivity contribution is -0.125. The molecule has 0 unspecified atom stereocenters. The first-order chi connectivity index (χ1) is 15.9. The van der Waals surface area contributed by atoms with Crippen LogP contribution in [-0.2, 0) is 11.3 Å². The van der Waals surface area contributed by atoms with Crippen LogP contribution in [0.2, 0.25) is 0 Å². The largest absolute Gasteiger partial charge is 0.497 e. The second kappa shape index (κ2) is 9.28. The average Bonchev–Trinajstić information content (AvgIpc) is 3.22. The van der Waals surface area contributed by atoms with E-state index in [1.165, 1.54) is 4.68 Å². The van der Waals surface area contributed by atoms with Gasteiger partial charge in [0, 0.05) is 12.1 Å². The van der Waals surface area contributed by atoms with Gasteiger partial charge in [-0.3, -0.25) is 9.59 Å². The van der Waals surface area contributed by atoms with E-state index in [-0.39, 0.29) is 11.4 Å². The van der Waals surface area contributed by atoms with Crippen LogP contribution in [0.5, 0.6) is 5.75 Å². The Morgan fingerprint density at radius 2 is 1.82 bits per heavy atom. The van der Waals surface area contributed by atoms with E-state index in [0.717, 1.165) is 16.7 Å². The van der Waals surface area contributed by atoms with Gasteiger partial charge in [-0.25, -0.2) is 4.68 Å². The van der Waals surface area contributed by atoms with E-state index in [0.29, 0.717) is 35.6 Å². The van der Waals surface area contributed by atoms with Crippen molar-refractivity contribution in [1.29, 1.82) is 0 Å². The Bertz CT molecular complexity index is 1340. The van der Waals surface area contributed by atoms with Gasteiger partial charge in [-0.1, -0.05) is 41.9 Å². The summed E-state index contributed by atoms with van der Waals surface area (Å²) in [5.74, 6) is 0.907. The van der Waals surface area contributed by atoms with Crippen molar-refractivity contribution in [2.75, 3.05) is 7.11 Å². The number of hydrogen-bond acceptors (Lipinski definition) is 6. The van der Waals surface area contributed by atoms with Crippen LogP contribution in [-0.4, -0.2) is 28.0 Å². The summed E-state index contributed by atoms with van der Waals surface area (Å²) in [5.41, 5.74) is 3.10. The summed E-state index contributed by atoms with van der Waals surface area (Å²) in [6, 6.07) is 14.4. The van der Waals surface area contributed by atoms with Crippen LogP contribution < -0.4 is 15.6 Å². The fourth-order valence-corrected chi connectivity index (χ4v) is 3.75. The molecule has 8 heteroatoms. The molecule has 2 heterocycles. The van der Waals surface area contributed by atoms with Crippen molar-refractivity contribution < 1.29 is 14.1 Å². The van der Waals surface area contributed by atoms with Gasteiger partial charge in [0.05, 0.1) is 12.5 Å². The van der Waals surface area contributed by atoms with Gasteiger partial charge in [-0.15, -0.1) is 0 Å². The zero-order chi connectivity index (χ0) is 23.5. The molecule has 2 aromatic heterocycles. The van der Waals surface area contributed by atoms with Gasteiger partial charge in [0.1, 0.15) is 23.2 Å². The maximum Gasteiger partial charge on any atom is 0.297 e. The first-order valence-electron chi connectivity index (χ1n) is 10.8. The number of nitrogens with one attached hydrogen (secondary N) is 1. The lowest BCUT2D eigenvalue weighted by atomic mass is 10.1. The summed E-state index contributed by atoms with van der Waals surface area (Å²) >= 11 is 0. The Labute approximate surface area is 191 Å². The minimum Gasteiger partial charge on any atom is -0.497 e. The highest BCUT2D eigenvalue weighted by Gasteiger charge is 2.26. The molecule has 4 rings (SSSR count). The van der Waals surface area contributed by atoms with Gasteiger partial charge in [0.15, 0.2) is 5.52 Å². The van der Waals surface area contributed by atoms with E-state index in [9.17, 15) is 9.59 Å². The smallest absolute Gasteiger partial charge is 0.297 e. The first kappa shape index (κ1) is 22.3. The third kappa shape index (κ3) is 4.37. The van der Waals surface area contributed by atoms with Gasteiger partial charge < -0.3 is 14.6 Å². The molecular weight excluding hydrogens is 420 g/mol. The van der Waals surface area contributed by atoms with Gasteiger partial charge in [0.2, 0.25) is 5.91 Å². The Balaban J connectivity index is 1.73. The van der Waals surface area contributed by atoms with Gasteiger partial charge >= 0.3 is 0 Å². The highest BCUT2D eigenvalue weighted by Crippen LogP contribution is 2.29. The molecule has 2 aromatic carbocycles. The Morgan fingerprint density at radius 3 is 2.45 bits per heavy atom. The van der Waals surface area contributed by atoms with Gasteiger partial charge in [-0.05, 0) is 50.1 Å². The number of rotatable bonds is 7. The molecule has 1 amide bonds. The number of aryl methyl sites for hydroxylation is 2. The molecule has 4 aromatic rings. The molecule has 0 saturated carbocycles. The molecule has 1 atom stereocenters. The molecule has 33 heavy (non-hydrogen) atoms. The standard InChI is InChI=1S/C25H26N4O4/c1-5-20(24(30)26-14-17-8-6-15(2)7-9-17)29-25(31)23-21(16(3)33-28-23)22(27-29)18-10-12-19(32-4)13-11-18/h6-13,20H,5,14H2,1-4H3,(H,26,30)/t20-/m0/s1. The van der Waals surface area contributed by atoms with Crippen molar-refractivity contribution in [3.63, 3.8) is 0 Å². The first-order valence-corrected chi connectivity index (χ1v) is 10.8.